The number of amides is 1. The van der Waals surface area contributed by atoms with Crippen LogP contribution in [0.2, 0.25) is 0 Å². The van der Waals surface area contributed by atoms with Crippen molar-refractivity contribution in [2.45, 2.75) is 45.8 Å². The normalized spacial score (nSPS) is 13.4. The van der Waals surface area contributed by atoms with E-state index in [2.05, 4.69) is 5.32 Å². The Bertz CT molecular complexity index is 647. The molecule has 0 aromatic carbocycles. The smallest absolute Gasteiger partial charge is 0.412 e. The third-order valence-corrected chi connectivity index (χ3v) is 3.11. The Balaban J connectivity index is 2.42. The molecule has 0 unspecified atom stereocenters. The summed E-state index contributed by atoms with van der Waals surface area (Å²) in [5.41, 5.74) is 0.110. The average Bonchev–Trinajstić information content (AvgIpc) is 2.84. The Hall–Kier alpha value is -2.49. The van der Waals surface area contributed by atoms with E-state index in [1.165, 1.54) is 0 Å². The highest BCUT2D eigenvalue weighted by Gasteiger charge is 2.31. The molecule has 112 valence electrons. The first-order valence-electron chi connectivity index (χ1n) is 6.63. The Morgan fingerprint density at radius 2 is 2.10 bits per heavy atom. The maximum atomic E-state index is 11.9. The summed E-state index contributed by atoms with van der Waals surface area (Å²) in [7, 11) is 0. The maximum Gasteiger partial charge on any atom is 0.412 e. The number of anilines is 1. The Labute approximate surface area is 122 Å². The lowest BCUT2D eigenvalue weighted by molar-refractivity contribution is 0.0636. The first-order valence-corrected chi connectivity index (χ1v) is 6.63. The Morgan fingerprint density at radius 3 is 2.62 bits per heavy atom. The van der Waals surface area contributed by atoms with Gasteiger partial charge in [-0.3, -0.25) is 5.32 Å². The molecule has 0 atom stereocenters. The predicted molar refractivity (Wildman–Crippen MR) is 74.3 cm³/mol. The molecule has 1 aromatic rings. The number of carbonyl (C=O) groups excluding carboxylic acids is 1. The zero-order valence-electron chi connectivity index (χ0n) is 12.2. The van der Waals surface area contributed by atoms with Crippen molar-refractivity contribution in [3.05, 3.63) is 17.0 Å². The minimum Gasteiger partial charge on any atom is -0.477 e. The van der Waals surface area contributed by atoms with E-state index in [1.807, 2.05) is 6.07 Å². The van der Waals surface area contributed by atoms with Crippen LogP contribution in [0.5, 0.6) is 0 Å². The van der Waals surface area contributed by atoms with E-state index in [9.17, 15) is 20.0 Å². The molecule has 2 heterocycles. The van der Waals surface area contributed by atoms with Crippen molar-refractivity contribution in [2.75, 3.05) is 5.32 Å². The molecule has 2 N–H and O–H groups in total. The van der Waals surface area contributed by atoms with Crippen LogP contribution in [-0.4, -0.2) is 27.3 Å². The van der Waals surface area contributed by atoms with E-state index in [4.69, 9.17) is 4.74 Å². The van der Waals surface area contributed by atoms with Crippen molar-refractivity contribution < 1.29 is 19.4 Å². The summed E-state index contributed by atoms with van der Waals surface area (Å²) in [6, 6.07) is 1.98. The quantitative estimate of drug-likeness (QED) is 0.870. The van der Waals surface area contributed by atoms with Gasteiger partial charge in [-0.05, 0) is 33.6 Å². The summed E-state index contributed by atoms with van der Waals surface area (Å²) < 4.78 is 6.69. The number of nitrogens with zero attached hydrogens (tertiary/aromatic N) is 2. The second kappa shape index (κ2) is 5.13. The van der Waals surface area contributed by atoms with E-state index < -0.39 is 17.7 Å². The van der Waals surface area contributed by atoms with Crippen LogP contribution < -0.4 is 5.32 Å². The fraction of sp³-hybridized carbons (Fsp3) is 0.500. The summed E-state index contributed by atoms with van der Waals surface area (Å²) in [4.78, 5) is 23.3. The van der Waals surface area contributed by atoms with Gasteiger partial charge < -0.3 is 14.4 Å². The molecule has 0 spiro atoms. The van der Waals surface area contributed by atoms with Crippen molar-refractivity contribution in [3.63, 3.8) is 0 Å². The summed E-state index contributed by atoms with van der Waals surface area (Å²) in [5.74, 6) is -1.18. The van der Waals surface area contributed by atoms with Crippen LogP contribution in [0.1, 0.15) is 48.9 Å². The summed E-state index contributed by atoms with van der Waals surface area (Å²) in [6.45, 7) is 5.64. The number of ether oxygens (including phenoxy) is 1. The molecule has 21 heavy (non-hydrogen) atoms. The Kier molecular flexibility index (Phi) is 3.64. The van der Waals surface area contributed by atoms with Gasteiger partial charge in [0.2, 0.25) is 0 Å². The number of nitriles is 1. The predicted octanol–water partition coefficient (Wildman–Crippen LogP) is 2.35. The van der Waals surface area contributed by atoms with Gasteiger partial charge in [-0.15, -0.1) is 0 Å². The minimum atomic E-state index is -1.18. The van der Waals surface area contributed by atoms with Gasteiger partial charge in [-0.25, -0.2) is 9.59 Å². The van der Waals surface area contributed by atoms with Crippen molar-refractivity contribution in [3.8, 4) is 6.07 Å². The molecule has 0 saturated carbocycles. The standard InChI is InChI=1S/C14H17N3O4/c1-14(2,3)21-13(20)16-10-8(7-15)9-5-4-6-17(9)11(10)12(18)19/h4-6H2,1-3H3,(H,16,20)(H,18,19). The number of aromatic nitrogens is 1. The highest BCUT2D eigenvalue weighted by molar-refractivity contribution is 6.00. The van der Waals surface area contributed by atoms with E-state index in [0.29, 0.717) is 18.7 Å². The lowest BCUT2D eigenvalue weighted by Crippen LogP contribution is -2.28. The molecule has 1 aliphatic heterocycles. The minimum absolute atomic E-state index is 0.0222. The molecule has 2 rings (SSSR count). The molecule has 0 saturated heterocycles. The molecule has 0 bridgehead atoms. The topological polar surface area (TPSA) is 104 Å². The number of nitrogens with one attached hydrogen (secondary N) is 1. The molecule has 0 radical (unpaired) electrons. The monoisotopic (exact) mass is 291 g/mol. The number of rotatable bonds is 2. The Morgan fingerprint density at radius 1 is 1.43 bits per heavy atom. The highest BCUT2D eigenvalue weighted by Crippen LogP contribution is 2.33. The average molecular weight is 291 g/mol. The number of aromatic carboxylic acids is 1. The van der Waals surface area contributed by atoms with Crippen molar-refractivity contribution in [2.24, 2.45) is 0 Å². The number of hydrogen-bond acceptors (Lipinski definition) is 4. The second-order valence-corrected chi connectivity index (χ2v) is 5.84. The van der Waals surface area contributed by atoms with E-state index in [0.717, 1.165) is 6.42 Å². The van der Waals surface area contributed by atoms with E-state index in [1.54, 1.807) is 25.3 Å². The van der Waals surface area contributed by atoms with Gasteiger partial charge in [-0.2, -0.15) is 5.26 Å². The first kappa shape index (κ1) is 14.9. The van der Waals surface area contributed by atoms with Crippen LogP contribution in [0.15, 0.2) is 0 Å². The number of carboxylic acid groups (broad SMARTS) is 1. The van der Waals surface area contributed by atoms with Crippen molar-refractivity contribution in [1.29, 1.82) is 5.26 Å². The zero-order valence-corrected chi connectivity index (χ0v) is 12.2. The van der Waals surface area contributed by atoms with Crippen LogP contribution in [0, 0.1) is 11.3 Å². The van der Waals surface area contributed by atoms with Gasteiger partial charge in [0, 0.05) is 12.2 Å². The molecular formula is C14H17N3O4. The van der Waals surface area contributed by atoms with Crippen LogP contribution >= 0.6 is 0 Å². The number of carboxylic acids is 1. The van der Waals surface area contributed by atoms with Crippen LogP contribution in [0.3, 0.4) is 0 Å². The van der Waals surface area contributed by atoms with Gasteiger partial charge >= 0.3 is 12.1 Å². The number of carbonyl (C=O) groups is 2. The molecule has 7 heteroatoms. The van der Waals surface area contributed by atoms with Crippen molar-refractivity contribution in [1.82, 2.24) is 4.57 Å². The lowest BCUT2D eigenvalue weighted by Gasteiger charge is -2.19. The van der Waals surface area contributed by atoms with Gasteiger partial charge in [0.15, 0.2) is 5.69 Å². The van der Waals surface area contributed by atoms with E-state index in [-0.39, 0.29) is 16.9 Å². The van der Waals surface area contributed by atoms with Gasteiger partial charge in [0.25, 0.3) is 0 Å². The third-order valence-electron chi connectivity index (χ3n) is 3.11. The van der Waals surface area contributed by atoms with Crippen molar-refractivity contribution >= 4 is 17.7 Å². The molecule has 0 aliphatic carbocycles. The molecule has 1 amide bonds. The number of hydrogen-bond donors (Lipinski definition) is 2. The lowest BCUT2D eigenvalue weighted by atomic mass is 10.1. The van der Waals surface area contributed by atoms with E-state index >= 15 is 0 Å². The van der Waals surface area contributed by atoms with Gasteiger partial charge in [0.1, 0.15) is 11.7 Å². The van der Waals surface area contributed by atoms with Crippen LogP contribution in [0.4, 0.5) is 10.5 Å². The zero-order chi connectivity index (χ0) is 15.8. The third kappa shape index (κ3) is 2.84. The van der Waals surface area contributed by atoms with Gasteiger partial charge in [0.05, 0.1) is 11.3 Å². The molecule has 7 nitrogen and oxygen atoms in total. The molecule has 1 aromatic heterocycles. The number of fused-ring (bicyclic) bond motifs is 1. The van der Waals surface area contributed by atoms with Crippen LogP contribution in [-0.2, 0) is 17.7 Å². The second-order valence-electron chi connectivity index (χ2n) is 5.84. The first-order chi connectivity index (χ1) is 9.74. The van der Waals surface area contributed by atoms with Gasteiger partial charge in [-0.1, -0.05) is 0 Å². The largest absolute Gasteiger partial charge is 0.477 e. The summed E-state index contributed by atoms with van der Waals surface area (Å²) >= 11 is 0. The highest BCUT2D eigenvalue weighted by atomic mass is 16.6. The van der Waals surface area contributed by atoms with Crippen LogP contribution in [0.25, 0.3) is 0 Å². The summed E-state index contributed by atoms with van der Waals surface area (Å²) in [5, 5.41) is 21.0. The fourth-order valence-electron chi connectivity index (χ4n) is 2.45. The molecule has 1 aliphatic rings. The fourth-order valence-corrected chi connectivity index (χ4v) is 2.45. The summed E-state index contributed by atoms with van der Waals surface area (Å²) in [6.07, 6.45) is 0.640. The SMILES string of the molecule is CC(C)(C)OC(=O)Nc1c(C#N)c2n(c1C(=O)O)CCC2. The molecular weight excluding hydrogens is 274 g/mol. The maximum absolute atomic E-state index is 11.9. The molecule has 0 fully saturated rings.